The normalized spacial score (nSPS) is 10.6. The molecule has 0 radical (unpaired) electrons. The molecule has 1 N–H and O–H groups in total. The van der Waals surface area contributed by atoms with Crippen molar-refractivity contribution in [3.63, 3.8) is 0 Å². The Kier molecular flexibility index (Phi) is 6.27. The largest absolute Gasteiger partial charge is 0.370 e. The zero-order valence-electron chi connectivity index (χ0n) is 12.8. The number of benzene rings is 2. The van der Waals surface area contributed by atoms with Crippen LogP contribution in [-0.2, 0) is 13.1 Å². The van der Waals surface area contributed by atoms with Crippen molar-refractivity contribution in [3.8, 4) is 0 Å². The highest BCUT2D eigenvalue weighted by Crippen LogP contribution is 2.22. The van der Waals surface area contributed by atoms with Gasteiger partial charge < -0.3 is 10.2 Å². The molecule has 0 aliphatic carbocycles. The van der Waals surface area contributed by atoms with Gasteiger partial charge in [-0.05, 0) is 42.3 Å². The first-order valence-electron chi connectivity index (χ1n) is 7.45. The topological polar surface area (TPSA) is 15.3 Å². The molecule has 0 saturated carbocycles. The molecule has 0 spiro atoms. The lowest BCUT2D eigenvalue weighted by Crippen LogP contribution is -2.21. The summed E-state index contributed by atoms with van der Waals surface area (Å²) < 4.78 is 1.13. The molecule has 2 rings (SSSR count). The quantitative estimate of drug-likeness (QED) is 0.738. The van der Waals surface area contributed by atoms with Crippen LogP contribution in [-0.4, -0.2) is 13.6 Å². The van der Waals surface area contributed by atoms with Gasteiger partial charge in [0.1, 0.15) is 0 Å². The Labute approximate surface area is 136 Å². The van der Waals surface area contributed by atoms with Gasteiger partial charge in [-0.1, -0.05) is 53.2 Å². The van der Waals surface area contributed by atoms with Gasteiger partial charge in [0, 0.05) is 30.3 Å². The first-order valence-corrected chi connectivity index (χ1v) is 8.24. The molecule has 0 aromatic heterocycles. The SMILES string of the molecule is CCCNCc1ccccc1N(C)Cc1cccc(Br)c1. The van der Waals surface area contributed by atoms with Gasteiger partial charge in [0.2, 0.25) is 0 Å². The Morgan fingerprint density at radius 2 is 1.90 bits per heavy atom. The fourth-order valence-corrected chi connectivity index (χ4v) is 2.87. The van der Waals surface area contributed by atoms with Crippen LogP contribution in [0.4, 0.5) is 5.69 Å². The molecule has 0 saturated heterocycles. The predicted molar refractivity (Wildman–Crippen MR) is 94.7 cm³/mol. The van der Waals surface area contributed by atoms with Crippen molar-refractivity contribution < 1.29 is 0 Å². The second kappa shape index (κ2) is 8.20. The number of rotatable bonds is 7. The maximum atomic E-state index is 3.54. The smallest absolute Gasteiger partial charge is 0.0426 e. The number of nitrogens with one attached hydrogen (secondary N) is 1. The molecular weight excluding hydrogens is 324 g/mol. The van der Waals surface area contributed by atoms with Crippen LogP contribution in [0.2, 0.25) is 0 Å². The fraction of sp³-hybridized carbons (Fsp3) is 0.333. The van der Waals surface area contributed by atoms with Crippen molar-refractivity contribution in [2.75, 3.05) is 18.5 Å². The predicted octanol–water partition coefficient (Wildman–Crippen LogP) is 4.59. The minimum Gasteiger partial charge on any atom is -0.370 e. The van der Waals surface area contributed by atoms with Gasteiger partial charge in [-0.25, -0.2) is 0 Å². The molecule has 0 aliphatic rings. The summed E-state index contributed by atoms with van der Waals surface area (Å²) in [5.41, 5.74) is 3.95. The molecule has 0 heterocycles. The summed E-state index contributed by atoms with van der Waals surface area (Å²) >= 11 is 3.54. The lowest BCUT2D eigenvalue weighted by molar-refractivity contribution is 0.673. The van der Waals surface area contributed by atoms with Gasteiger partial charge in [-0.3, -0.25) is 0 Å². The summed E-state index contributed by atoms with van der Waals surface area (Å²) in [6.45, 7) is 5.08. The number of hydrogen-bond donors (Lipinski definition) is 1. The molecule has 0 bridgehead atoms. The Hall–Kier alpha value is -1.32. The van der Waals surface area contributed by atoms with E-state index in [1.165, 1.54) is 16.8 Å². The Balaban J connectivity index is 2.09. The molecule has 112 valence electrons. The summed E-state index contributed by atoms with van der Waals surface area (Å²) in [6.07, 6.45) is 1.16. The number of para-hydroxylation sites is 1. The van der Waals surface area contributed by atoms with E-state index in [-0.39, 0.29) is 0 Å². The van der Waals surface area contributed by atoms with Crippen molar-refractivity contribution in [2.45, 2.75) is 26.4 Å². The molecular formula is C18H23BrN2. The van der Waals surface area contributed by atoms with Crippen LogP contribution in [0.1, 0.15) is 24.5 Å². The van der Waals surface area contributed by atoms with Crippen molar-refractivity contribution in [1.29, 1.82) is 0 Å². The molecule has 2 aromatic rings. The average molecular weight is 347 g/mol. The van der Waals surface area contributed by atoms with Gasteiger partial charge in [-0.15, -0.1) is 0 Å². The van der Waals surface area contributed by atoms with Crippen LogP contribution in [0.5, 0.6) is 0 Å². The van der Waals surface area contributed by atoms with Gasteiger partial charge in [-0.2, -0.15) is 0 Å². The highest BCUT2D eigenvalue weighted by atomic mass is 79.9. The Bertz CT molecular complexity index is 569. The van der Waals surface area contributed by atoms with E-state index in [1.54, 1.807) is 0 Å². The average Bonchev–Trinajstić information content (AvgIpc) is 2.48. The first-order chi connectivity index (χ1) is 10.2. The number of nitrogens with zero attached hydrogens (tertiary/aromatic N) is 1. The van der Waals surface area contributed by atoms with E-state index in [0.717, 1.165) is 30.5 Å². The molecule has 0 amide bonds. The molecule has 21 heavy (non-hydrogen) atoms. The summed E-state index contributed by atoms with van der Waals surface area (Å²) in [5.74, 6) is 0. The van der Waals surface area contributed by atoms with Crippen molar-refractivity contribution >= 4 is 21.6 Å². The third-order valence-electron chi connectivity index (χ3n) is 3.45. The summed E-state index contributed by atoms with van der Waals surface area (Å²) in [7, 11) is 2.15. The molecule has 2 aromatic carbocycles. The van der Waals surface area contributed by atoms with Gasteiger partial charge in [0.25, 0.3) is 0 Å². The summed E-state index contributed by atoms with van der Waals surface area (Å²) in [5, 5.41) is 3.49. The molecule has 0 atom stereocenters. The molecule has 0 aliphatic heterocycles. The number of anilines is 1. The van der Waals surface area contributed by atoms with Crippen LogP contribution in [0.3, 0.4) is 0 Å². The number of halogens is 1. The first kappa shape index (κ1) is 16.1. The molecule has 2 nitrogen and oxygen atoms in total. The molecule has 0 fully saturated rings. The fourth-order valence-electron chi connectivity index (χ4n) is 2.43. The van der Waals surface area contributed by atoms with E-state index in [9.17, 15) is 0 Å². The lowest BCUT2D eigenvalue weighted by Gasteiger charge is -2.23. The van der Waals surface area contributed by atoms with Crippen molar-refractivity contribution in [1.82, 2.24) is 5.32 Å². The number of hydrogen-bond acceptors (Lipinski definition) is 2. The second-order valence-electron chi connectivity index (χ2n) is 5.29. The van der Waals surface area contributed by atoms with Gasteiger partial charge in [0.15, 0.2) is 0 Å². The van der Waals surface area contributed by atoms with Crippen LogP contribution < -0.4 is 10.2 Å². The van der Waals surface area contributed by atoms with Crippen LogP contribution >= 0.6 is 15.9 Å². The van der Waals surface area contributed by atoms with Crippen molar-refractivity contribution in [2.24, 2.45) is 0 Å². The lowest BCUT2D eigenvalue weighted by atomic mass is 10.1. The van der Waals surface area contributed by atoms with Gasteiger partial charge >= 0.3 is 0 Å². The Morgan fingerprint density at radius 1 is 1.10 bits per heavy atom. The minimum absolute atomic E-state index is 0.907. The summed E-state index contributed by atoms with van der Waals surface area (Å²) in [6, 6.07) is 17.1. The Morgan fingerprint density at radius 3 is 2.67 bits per heavy atom. The maximum Gasteiger partial charge on any atom is 0.0426 e. The van der Waals surface area contributed by atoms with E-state index in [1.807, 2.05) is 0 Å². The van der Waals surface area contributed by atoms with Crippen molar-refractivity contribution in [3.05, 3.63) is 64.1 Å². The maximum absolute atomic E-state index is 3.54. The zero-order chi connectivity index (χ0) is 15.1. The van der Waals surface area contributed by atoms with E-state index in [4.69, 9.17) is 0 Å². The molecule has 3 heteroatoms. The van der Waals surface area contributed by atoms with Crippen LogP contribution in [0.15, 0.2) is 53.0 Å². The third-order valence-corrected chi connectivity index (χ3v) is 3.95. The summed E-state index contributed by atoms with van der Waals surface area (Å²) in [4.78, 5) is 2.31. The second-order valence-corrected chi connectivity index (χ2v) is 6.21. The zero-order valence-corrected chi connectivity index (χ0v) is 14.4. The third kappa shape index (κ3) is 4.87. The molecule has 0 unspecified atom stereocenters. The van der Waals surface area contributed by atoms with Gasteiger partial charge in [0.05, 0.1) is 0 Å². The van der Waals surface area contributed by atoms with Crippen LogP contribution in [0, 0.1) is 0 Å². The highest BCUT2D eigenvalue weighted by Gasteiger charge is 2.07. The van der Waals surface area contributed by atoms with E-state index in [0.29, 0.717) is 0 Å². The van der Waals surface area contributed by atoms with E-state index < -0.39 is 0 Å². The standard InChI is InChI=1S/C18H23BrN2/c1-3-11-20-13-16-8-4-5-10-18(16)21(2)14-15-7-6-9-17(19)12-15/h4-10,12,20H,3,11,13-14H2,1-2H3. The van der Waals surface area contributed by atoms with E-state index >= 15 is 0 Å². The van der Waals surface area contributed by atoms with Crippen LogP contribution in [0.25, 0.3) is 0 Å². The van der Waals surface area contributed by atoms with E-state index in [2.05, 4.69) is 88.6 Å². The highest BCUT2D eigenvalue weighted by molar-refractivity contribution is 9.10. The monoisotopic (exact) mass is 346 g/mol. The minimum atomic E-state index is 0.907.